The molecule has 0 atom stereocenters. The molecule has 1 aromatic rings. The summed E-state index contributed by atoms with van der Waals surface area (Å²) in [6.45, 7) is 8.58. The van der Waals surface area contributed by atoms with E-state index in [4.69, 9.17) is 0 Å². The van der Waals surface area contributed by atoms with Gasteiger partial charge in [0.25, 0.3) is 0 Å². The van der Waals surface area contributed by atoms with Crippen molar-refractivity contribution in [2.45, 2.75) is 27.7 Å². The van der Waals surface area contributed by atoms with Crippen LogP contribution in [0.25, 0.3) is 6.08 Å². The monoisotopic (exact) mass is 199 g/mol. The summed E-state index contributed by atoms with van der Waals surface area (Å²) < 4.78 is 0. The fourth-order valence-corrected chi connectivity index (χ4v) is 1.87. The Morgan fingerprint density at radius 3 is 2.60 bits per heavy atom. The van der Waals surface area contributed by atoms with Gasteiger partial charge in [-0.1, -0.05) is 37.6 Å². The lowest BCUT2D eigenvalue weighted by Gasteiger charge is -2.10. The molecule has 0 fully saturated rings. The predicted molar refractivity (Wildman–Crippen MR) is 66.9 cm³/mol. The average Bonchev–Trinajstić information content (AvgIpc) is 2.26. The standard InChI is InChI=1S/C14H17N/c1-10-7-11(2)13-12(8-10)5-6-14(3,4)9-15-13/h5-9H,1-4H3. The van der Waals surface area contributed by atoms with Crippen molar-refractivity contribution in [1.82, 2.24) is 0 Å². The highest BCUT2D eigenvalue weighted by Crippen LogP contribution is 2.31. The first-order valence-corrected chi connectivity index (χ1v) is 5.34. The first-order valence-electron chi connectivity index (χ1n) is 5.34. The van der Waals surface area contributed by atoms with Crippen molar-refractivity contribution >= 4 is 18.0 Å². The molecular weight excluding hydrogens is 182 g/mol. The number of allylic oxidation sites excluding steroid dienone is 1. The van der Waals surface area contributed by atoms with E-state index in [1.807, 2.05) is 6.21 Å². The van der Waals surface area contributed by atoms with Gasteiger partial charge in [-0.15, -0.1) is 0 Å². The van der Waals surface area contributed by atoms with E-state index in [1.165, 1.54) is 16.7 Å². The lowest BCUT2D eigenvalue weighted by Crippen LogP contribution is -2.07. The lowest BCUT2D eigenvalue weighted by molar-refractivity contribution is 0.699. The van der Waals surface area contributed by atoms with Crippen LogP contribution >= 0.6 is 0 Å². The van der Waals surface area contributed by atoms with Crippen LogP contribution < -0.4 is 0 Å². The third-order valence-corrected chi connectivity index (χ3v) is 2.69. The summed E-state index contributed by atoms with van der Waals surface area (Å²) in [5, 5.41) is 0. The van der Waals surface area contributed by atoms with Crippen LogP contribution in [0.2, 0.25) is 0 Å². The van der Waals surface area contributed by atoms with Gasteiger partial charge in [-0.05, 0) is 25.5 Å². The maximum Gasteiger partial charge on any atom is 0.0727 e. The molecule has 0 aromatic heterocycles. The molecule has 78 valence electrons. The number of aryl methyl sites for hydroxylation is 2. The normalized spacial score (nSPS) is 17.3. The zero-order valence-corrected chi connectivity index (χ0v) is 9.83. The van der Waals surface area contributed by atoms with Crippen LogP contribution in [-0.2, 0) is 0 Å². The summed E-state index contributed by atoms with van der Waals surface area (Å²) in [6, 6.07) is 4.37. The van der Waals surface area contributed by atoms with E-state index in [1.54, 1.807) is 0 Å². The Labute approximate surface area is 91.6 Å². The number of nitrogens with zero attached hydrogens (tertiary/aromatic N) is 1. The minimum Gasteiger partial charge on any atom is -0.259 e. The molecule has 0 bridgehead atoms. The smallest absolute Gasteiger partial charge is 0.0727 e. The van der Waals surface area contributed by atoms with E-state index in [0.29, 0.717) is 0 Å². The van der Waals surface area contributed by atoms with Crippen molar-refractivity contribution in [1.29, 1.82) is 0 Å². The SMILES string of the molecule is Cc1cc(C)c2c(c1)C=CC(C)(C)C=N2. The molecule has 1 aliphatic rings. The van der Waals surface area contributed by atoms with Crippen molar-refractivity contribution in [2.24, 2.45) is 10.4 Å². The summed E-state index contributed by atoms with van der Waals surface area (Å²) in [7, 11) is 0. The summed E-state index contributed by atoms with van der Waals surface area (Å²) in [5.41, 5.74) is 4.95. The molecular formula is C14H17N. The zero-order chi connectivity index (χ0) is 11.1. The van der Waals surface area contributed by atoms with Crippen LogP contribution in [0.15, 0.2) is 23.2 Å². The highest BCUT2D eigenvalue weighted by Gasteiger charge is 2.14. The minimum absolute atomic E-state index is 0.0549. The molecule has 0 saturated carbocycles. The number of hydrogen-bond acceptors (Lipinski definition) is 1. The zero-order valence-electron chi connectivity index (χ0n) is 9.83. The molecule has 1 aliphatic heterocycles. The van der Waals surface area contributed by atoms with Gasteiger partial charge in [-0.25, -0.2) is 0 Å². The minimum atomic E-state index is 0.0549. The van der Waals surface area contributed by atoms with Gasteiger partial charge in [0.05, 0.1) is 5.69 Å². The maximum absolute atomic E-state index is 4.59. The maximum atomic E-state index is 4.59. The molecule has 0 aliphatic carbocycles. The van der Waals surface area contributed by atoms with Crippen LogP contribution in [0, 0.1) is 19.3 Å². The molecule has 1 aromatic carbocycles. The first kappa shape index (κ1) is 10.2. The van der Waals surface area contributed by atoms with E-state index in [2.05, 4.69) is 57.0 Å². The predicted octanol–water partition coefficient (Wildman–Crippen LogP) is 4.06. The fourth-order valence-electron chi connectivity index (χ4n) is 1.87. The van der Waals surface area contributed by atoms with Gasteiger partial charge < -0.3 is 0 Å². The topological polar surface area (TPSA) is 12.4 Å². The van der Waals surface area contributed by atoms with Gasteiger partial charge in [-0.2, -0.15) is 0 Å². The molecule has 0 unspecified atom stereocenters. The van der Waals surface area contributed by atoms with Gasteiger partial charge in [0.2, 0.25) is 0 Å². The Hall–Kier alpha value is -1.37. The van der Waals surface area contributed by atoms with Crippen molar-refractivity contribution in [3.63, 3.8) is 0 Å². The van der Waals surface area contributed by atoms with Crippen LogP contribution in [0.3, 0.4) is 0 Å². The molecule has 0 amide bonds. The molecule has 15 heavy (non-hydrogen) atoms. The van der Waals surface area contributed by atoms with E-state index >= 15 is 0 Å². The molecule has 0 N–H and O–H groups in total. The Bertz CT molecular complexity index is 451. The van der Waals surface area contributed by atoms with Crippen LogP contribution in [-0.4, -0.2) is 6.21 Å². The second-order valence-electron chi connectivity index (χ2n) is 4.93. The van der Waals surface area contributed by atoms with Crippen LogP contribution in [0.4, 0.5) is 5.69 Å². The third-order valence-electron chi connectivity index (χ3n) is 2.69. The first-order chi connectivity index (χ1) is 6.98. The second-order valence-corrected chi connectivity index (χ2v) is 4.93. The molecule has 1 heterocycles. The molecule has 0 spiro atoms. The summed E-state index contributed by atoms with van der Waals surface area (Å²) in [5.74, 6) is 0. The van der Waals surface area contributed by atoms with E-state index in [0.717, 1.165) is 5.69 Å². The van der Waals surface area contributed by atoms with Crippen LogP contribution in [0.1, 0.15) is 30.5 Å². The summed E-state index contributed by atoms with van der Waals surface area (Å²) >= 11 is 0. The van der Waals surface area contributed by atoms with Crippen molar-refractivity contribution in [3.8, 4) is 0 Å². The number of aliphatic imine (C=N–C) groups is 1. The van der Waals surface area contributed by atoms with E-state index in [-0.39, 0.29) is 5.41 Å². The Morgan fingerprint density at radius 1 is 1.13 bits per heavy atom. The van der Waals surface area contributed by atoms with Crippen molar-refractivity contribution < 1.29 is 0 Å². The Kier molecular flexibility index (Phi) is 2.26. The van der Waals surface area contributed by atoms with Gasteiger partial charge >= 0.3 is 0 Å². The average molecular weight is 199 g/mol. The van der Waals surface area contributed by atoms with Gasteiger partial charge in [0, 0.05) is 17.2 Å². The fraction of sp³-hybridized carbons (Fsp3) is 0.357. The quantitative estimate of drug-likeness (QED) is 0.597. The van der Waals surface area contributed by atoms with Gasteiger partial charge in [0.1, 0.15) is 0 Å². The highest BCUT2D eigenvalue weighted by atomic mass is 14.7. The largest absolute Gasteiger partial charge is 0.259 e. The second kappa shape index (κ2) is 3.34. The Morgan fingerprint density at radius 2 is 1.87 bits per heavy atom. The van der Waals surface area contributed by atoms with Gasteiger partial charge in [-0.3, -0.25) is 4.99 Å². The summed E-state index contributed by atoms with van der Waals surface area (Å²) in [6.07, 6.45) is 6.42. The van der Waals surface area contributed by atoms with E-state index in [9.17, 15) is 0 Å². The third kappa shape index (κ3) is 2.01. The highest BCUT2D eigenvalue weighted by molar-refractivity contribution is 5.81. The number of fused-ring (bicyclic) bond motifs is 1. The lowest BCUT2D eigenvalue weighted by atomic mass is 9.94. The van der Waals surface area contributed by atoms with E-state index < -0.39 is 0 Å². The Balaban J connectivity index is 2.63. The van der Waals surface area contributed by atoms with Crippen molar-refractivity contribution in [2.75, 3.05) is 0 Å². The van der Waals surface area contributed by atoms with Crippen LogP contribution in [0.5, 0.6) is 0 Å². The van der Waals surface area contributed by atoms with Crippen molar-refractivity contribution in [3.05, 3.63) is 34.9 Å². The number of rotatable bonds is 0. The molecule has 1 heteroatoms. The molecule has 2 rings (SSSR count). The molecule has 0 radical (unpaired) electrons. The number of benzene rings is 1. The molecule has 1 nitrogen and oxygen atoms in total. The number of hydrogen-bond donors (Lipinski definition) is 0. The summed E-state index contributed by atoms with van der Waals surface area (Å²) in [4.78, 5) is 4.59. The molecule has 0 saturated heterocycles. The van der Waals surface area contributed by atoms with Gasteiger partial charge in [0.15, 0.2) is 0 Å².